The van der Waals surface area contributed by atoms with Crippen LogP contribution in [0.3, 0.4) is 0 Å². The third-order valence-corrected chi connectivity index (χ3v) is 2.09. The third-order valence-electron chi connectivity index (χ3n) is 2.09. The Morgan fingerprint density at radius 2 is 2.36 bits per heavy atom. The minimum Gasteiger partial charge on any atom is -0.390 e. The molecule has 3 N–H and O–H groups in total. The summed E-state index contributed by atoms with van der Waals surface area (Å²) in [5.74, 6) is 0. The summed E-state index contributed by atoms with van der Waals surface area (Å²) < 4.78 is 0. The van der Waals surface area contributed by atoms with E-state index in [4.69, 9.17) is 5.41 Å². The third kappa shape index (κ3) is 2.60. The second-order valence-electron chi connectivity index (χ2n) is 3.55. The van der Waals surface area contributed by atoms with E-state index in [9.17, 15) is 5.11 Å². The molecule has 0 aliphatic heterocycles. The van der Waals surface area contributed by atoms with Crippen molar-refractivity contribution in [2.75, 3.05) is 6.54 Å². The molecular weight excluding hydrogens is 140 g/mol. The molecule has 1 saturated carbocycles. The van der Waals surface area contributed by atoms with Crippen molar-refractivity contribution in [2.24, 2.45) is 0 Å². The van der Waals surface area contributed by atoms with Gasteiger partial charge in [-0.25, -0.2) is 0 Å². The predicted molar refractivity (Wildman–Crippen MR) is 45.0 cm³/mol. The zero-order chi connectivity index (χ0) is 8.32. The molecule has 0 unspecified atom stereocenters. The summed E-state index contributed by atoms with van der Waals surface area (Å²) in [5.41, 5.74) is -0.428. The summed E-state index contributed by atoms with van der Waals surface area (Å²) >= 11 is 0. The SMILES string of the molecule is CC1(O)CC(NCCC=N)C1. The van der Waals surface area contributed by atoms with Crippen LogP contribution in [0.5, 0.6) is 0 Å². The molecule has 0 heterocycles. The van der Waals surface area contributed by atoms with Gasteiger partial charge < -0.3 is 15.8 Å². The molecule has 0 spiro atoms. The average molecular weight is 156 g/mol. The van der Waals surface area contributed by atoms with E-state index in [1.54, 1.807) is 0 Å². The van der Waals surface area contributed by atoms with Gasteiger partial charge in [-0.1, -0.05) is 0 Å². The molecule has 0 amide bonds. The number of rotatable bonds is 4. The van der Waals surface area contributed by atoms with E-state index in [0.29, 0.717) is 6.04 Å². The Balaban J connectivity index is 2.00. The molecule has 0 atom stereocenters. The lowest BCUT2D eigenvalue weighted by Gasteiger charge is -2.41. The molecule has 1 rings (SSSR count). The highest BCUT2D eigenvalue weighted by Crippen LogP contribution is 2.30. The molecule has 0 radical (unpaired) electrons. The second kappa shape index (κ2) is 3.32. The summed E-state index contributed by atoms with van der Waals surface area (Å²) in [4.78, 5) is 0. The fraction of sp³-hybridized carbons (Fsp3) is 0.875. The van der Waals surface area contributed by atoms with Gasteiger partial charge in [0.25, 0.3) is 0 Å². The van der Waals surface area contributed by atoms with Gasteiger partial charge in [0, 0.05) is 12.6 Å². The van der Waals surface area contributed by atoms with Gasteiger partial charge in [0.05, 0.1) is 5.60 Å². The predicted octanol–water partition coefficient (Wildman–Crippen LogP) is 0.529. The van der Waals surface area contributed by atoms with Crippen LogP contribution in [0.1, 0.15) is 26.2 Å². The van der Waals surface area contributed by atoms with Crippen LogP contribution in [-0.2, 0) is 0 Å². The number of aliphatic hydroxyl groups is 1. The fourth-order valence-electron chi connectivity index (χ4n) is 1.51. The standard InChI is InChI=1S/C8H16N2O/c1-8(11)5-7(6-8)10-4-2-3-9/h3,7,9-11H,2,4-6H2,1H3. The van der Waals surface area contributed by atoms with E-state index in [1.807, 2.05) is 6.92 Å². The molecule has 0 aromatic carbocycles. The molecule has 0 aromatic heterocycles. The highest BCUT2D eigenvalue weighted by Gasteiger charge is 2.37. The summed E-state index contributed by atoms with van der Waals surface area (Å²) in [6.07, 6.45) is 3.90. The van der Waals surface area contributed by atoms with Crippen molar-refractivity contribution >= 4 is 6.21 Å². The zero-order valence-corrected chi connectivity index (χ0v) is 6.93. The molecule has 1 aliphatic rings. The van der Waals surface area contributed by atoms with Crippen LogP contribution in [0.4, 0.5) is 0 Å². The molecule has 11 heavy (non-hydrogen) atoms. The minimum absolute atomic E-state index is 0.428. The summed E-state index contributed by atoms with van der Waals surface area (Å²) in [7, 11) is 0. The highest BCUT2D eigenvalue weighted by atomic mass is 16.3. The quantitative estimate of drug-likeness (QED) is 0.411. The zero-order valence-electron chi connectivity index (χ0n) is 6.93. The maximum Gasteiger partial charge on any atom is 0.0649 e. The molecule has 64 valence electrons. The van der Waals surface area contributed by atoms with Crippen molar-refractivity contribution in [1.82, 2.24) is 5.32 Å². The van der Waals surface area contributed by atoms with Gasteiger partial charge in [-0.15, -0.1) is 0 Å². The van der Waals surface area contributed by atoms with Crippen LogP contribution in [0.25, 0.3) is 0 Å². The van der Waals surface area contributed by atoms with Crippen molar-refractivity contribution in [3.63, 3.8) is 0 Å². The number of hydrogen-bond donors (Lipinski definition) is 3. The van der Waals surface area contributed by atoms with Crippen LogP contribution in [0.2, 0.25) is 0 Å². The van der Waals surface area contributed by atoms with Gasteiger partial charge in [0.15, 0.2) is 0 Å². The summed E-state index contributed by atoms with van der Waals surface area (Å²) in [5, 5.41) is 19.4. The van der Waals surface area contributed by atoms with Gasteiger partial charge in [0.1, 0.15) is 0 Å². The lowest BCUT2D eigenvalue weighted by atomic mass is 9.77. The largest absolute Gasteiger partial charge is 0.390 e. The topological polar surface area (TPSA) is 56.1 Å². The highest BCUT2D eigenvalue weighted by molar-refractivity contribution is 5.52. The van der Waals surface area contributed by atoms with Crippen LogP contribution in [0, 0.1) is 5.41 Å². The van der Waals surface area contributed by atoms with E-state index < -0.39 is 5.60 Å². The van der Waals surface area contributed by atoms with Gasteiger partial charge in [-0.3, -0.25) is 0 Å². The van der Waals surface area contributed by atoms with E-state index in [1.165, 1.54) is 6.21 Å². The first-order chi connectivity index (χ1) is 5.14. The molecule has 0 saturated heterocycles. The van der Waals surface area contributed by atoms with Gasteiger partial charge >= 0.3 is 0 Å². The van der Waals surface area contributed by atoms with Crippen molar-refractivity contribution in [1.29, 1.82) is 5.41 Å². The van der Waals surface area contributed by atoms with Gasteiger partial charge in [0.2, 0.25) is 0 Å². The molecule has 3 nitrogen and oxygen atoms in total. The molecule has 1 aliphatic carbocycles. The van der Waals surface area contributed by atoms with Gasteiger partial charge in [-0.05, 0) is 32.4 Å². The average Bonchev–Trinajstić information content (AvgIpc) is 1.84. The van der Waals surface area contributed by atoms with Crippen LogP contribution in [0.15, 0.2) is 0 Å². The van der Waals surface area contributed by atoms with Crippen molar-refractivity contribution in [3.8, 4) is 0 Å². The van der Waals surface area contributed by atoms with Crippen molar-refractivity contribution in [3.05, 3.63) is 0 Å². The van der Waals surface area contributed by atoms with Crippen LogP contribution >= 0.6 is 0 Å². The first-order valence-corrected chi connectivity index (χ1v) is 4.09. The lowest BCUT2D eigenvalue weighted by molar-refractivity contribution is -0.0385. The van der Waals surface area contributed by atoms with E-state index in [-0.39, 0.29) is 0 Å². The van der Waals surface area contributed by atoms with Gasteiger partial charge in [-0.2, -0.15) is 0 Å². The van der Waals surface area contributed by atoms with Crippen LogP contribution < -0.4 is 5.32 Å². The second-order valence-corrected chi connectivity index (χ2v) is 3.55. The van der Waals surface area contributed by atoms with Crippen molar-refractivity contribution < 1.29 is 5.11 Å². The minimum atomic E-state index is -0.428. The molecular formula is C8H16N2O. The Hall–Kier alpha value is -0.410. The van der Waals surface area contributed by atoms with Crippen LogP contribution in [-0.4, -0.2) is 29.5 Å². The number of nitrogens with one attached hydrogen (secondary N) is 2. The van der Waals surface area contributed by atoms with Crippen molar-refractivity contribution in [2.45, 2.75) is 37.8 Å². The Morgan fingerprint density at radius 3 is 2.82 bits per heavy atom. The Labute approximate surface area is 67.3 Å². The Morgan fingerprint density at radius 1 is 1.73 bits per heavy atom. The van der Waals surface area contributed by atoms with E-state index in [0.717, 1.165) is 25.8 Å². The molecule has 3 heteroatoms. The molecule has 1 fully saturated rings. The van der Waals surface area contributed by atoms with E-state index >= 15 is 0 Å². The Bertz CT molecular complexity index is 137. The first-order valence-electron chi connectivity index (χ1n) is 4.09. The molecule has 0 aromatic rings. The summed E-state index contributed by atoms with van der Waals surface area (Å²) in [6, 6.07) is 0.477. The number of hydrogen-bond acceptors (Lipinski definition) is 3. The monoisotopic (exact) mass is 156 g/mol. The maximum absolute atomic E-state index is 9.36. The first kappa shape index (κ1) is 8.68. The molecule has 0 bridgehead atoms. The normalized spacial score (nSPS) is 36.4. The lowest BCUT2D eigenvalue weighted by Crippen LogP contribution is -2.51. The fourth-order valence-corrected chi connectivity index (χ4v) is 1.51. The summed E-state index contributed by atoms with van der Waals surface area (Å²) in [6.45, 7) is 2.73. The Kier molecular flexibility index (Phi) is 2.62. The maximum atomic E-state index is 9.36. The van der Waals surface area contributed by atoms with E-state index in [2.05, 4.69) is 5.32 Å². The smallest absolute Gasteiger partial charge is 0.0649 e.